The maximum atomic E-state index is 12.4. The molecule has 7 nitrogen and oxygen atoms in total. The minimum absolute atomic E-state index is 0.0124. The highest BCUT2D eigenvalue weighted by Crippen LogP contribution is 2.19. The van der Waals surface area contributed by atoms with Crippen molar-refractivity contribution in [2.75, 3.05) is 13.7 Å². The Bertz CT molecular complexity index is 1160. The number of methoxy groups -OCH3 is 1. The van der Waals surface area contributed by atoms with Crippen LogP contribution in [0.25, 0.3) is 10.9 Å². The summed E-state index contributed by atoms with van der Waals surface area (Å²) in [5.41, 5.74) is 4.53. The normalized spacial score (nSPS) is 11.6. The number of ether oxygens (including phenoxy) is 1. The molecular formula is C23H23F3N4O3. The summed E-state index contributed by atoms with van der Waals surface area (Å²) in [7, 11) is 1.57. The highest BCUT2D eigenvalue weighted by atomic mass is 19.4. The number of alkyl halides is 3. The molecule has 174 valence electrons. The number of carbonyl (C=O) groups excluding carboxylic acids is 2. The van der Waals surface area contributed by atoms with Crippen molar-refractivity contribution in [2.45, 2.75) is 25.6 Å². The lowest BCUT2D eigenvalue weighted by molar-refractivity contribution is -0.138. The summed E-state index contributed by atoms with van der Waals surface area (Å²) in [6.45, 7) is -0.869. The van der Waals surface area contributed by atoms with Gasteiger partial charge in [-0.25, -0.2) is 5.43 Å². The van der Waals surface area contributed by atoms with Gasteiger partial charge in [-0.2, -0.15) is 18.3 Å². The Morgan fingerprint density at radius 2 is 1.97 bits per heavy atom. The van der Waals surface area contributed by atoms with Crippen molar-refractivity contribution in [3.8, 4) is 5.75 Å². The van der Waals surface area contributed by atoms with Gasteiger partial charge >= 0.3 is 6.18 Å². The van der Waals surface area contributed by atoms with E-state index in [2.05, 4.69) is 10.5 Å². The third kappa shape index (κ3) is 7.09. The fourth-order valence-corrected chi connectivity index (χ4v) is 3.19. The van der Waals surface area contributed by atoms with E-state index in [1.54, 1.807) is 43.6 Å². The van der Waals surface area contributed by atoms with E-state index in [-0.39, 0.29) is 12.3 Å². The van der Waals surface area contributed by atoms with Gasteiger partial charge in [-0.15, -0.1) is 0 Å². The lowest BCUT2D eigenvalue weighted by atomic mass is 10.1. The van der Waals surface area contributed by atoms with E-state index in [1.807, 2.05) is 28.1 Å². The molecule has 33 heavy (non-hydrogen) atoms. The summed E-state index contributed by atoms with van der Waals surface area (Å²) >= 11 is 0. The van der Waals surface area contributed by atoms with Gasteiger partial charge in [0.25, 0.3) is 5.91 Å². The van der Waals surface area contributed by atoms with Crippen molar-refractivity contribution < 1.29 is 27.5 Å². The number of halogens is 3. The molecule has 1 aromatic heterocycles. The van der Waals surface area contributed by atoms with E-state index in [0.717, 1.165) is 16.5 Å². The molecule has 0 aliphatic carbocycles. The lowest BCUT2D eigenvalue weighted by Crippen LogP contribution is -2.33. The first-order valence-corrected chi connectivity index (χ1v) is 10.1. The van der Waals surface area contributed by atoms with Gasteiger partial charge in [-0.3, -0.25) is 9.59 Å². The third-order valence-electron chi connectivity index (χ3n) is 4.80. The smallest absolute Gasteiger partial charge is 0.405 e. The Morgan fingerprint density at radius 1 is 1.15 bits per heavy atom. The fourth-order valence-electron chi connectivity index (χ4n) is 3.19. The topological polar surface area (TPSA) is 84.7 Å². The number of carbonyl (C=O) groups is 2. The van der Waals surface area contributed by atoms with Gasteiger partial charge < -0.3 is 14.6 Å². The monoisotopic (exact) mass is 460 g/mol. The molecule has 0 spiro atoms. The number of rotatable bonds is 9. The van der Waals surface area contributed by atoms with Crippen LogP contribution in [0, 0.1) is 0 Å². The Morgan fingerprint density at radius 3 is 2.73 bits per heavy atom. The molecule has 0 bridgehead atoms. The predicted molar refractivity (Wildman–Crippen MR) is 118 cm³/mol. The third-order valence-corrected chi connectivity index (χ3v) is 4.80. The minimum Gasteiger partial charge on any atom is -0.497 e. The van der Waals surface area contributed by atoms with Crippen LogP contribution in [-0.2, 0) is 11.3 Å². The first kappa shape index (κ1) is 23.8. The number of fused-ring (bicyclic) bond motifs is 1. The quantitative estimate of drug-likeness (QED) is 0.376. The molecule has 0 radical (unpaired) electrons. The molecule has 0 unspecified atom stereocenters. The highest BCUT2D eigenvalue weighted by molar-refractivity contribution is 5.98. The summed E-state index contributed by atoms with van der Waals surface area (Å²) in [4.78, 5) is 23.9. The molecule has 0 aliphatic heterocycles. The van der Waals surface area contributed by atoms with E-state index in [4.69, 9.17) is 4.74 Å². The molecule has 0 saturated heterocycles. The first-order chi connectivity index (χ1) is 15.7. The minimum atomic E-state index is -4.42. The van der Waals surface area contributed by atoms with Crippen LogP contribution in [-0.4, -0.2) is 42.4 Å². The second-order valence-corrected chi connectivity index (χ2v) is 7.25. The SMILES string of the molecule is COc1cccc(C=NNC(=O)c2ccc3c(ccn3CCCC(=O)NCC(F)(F)F)c2)c1. The van der Waals surface area contributed by atoms with Gasteiger partial charge in [-0.05, 0) is 48.4 Å². The van der Waals surface area contributed by atoms with Gasteiger partial charge in [0, 0.05) is 35.6 Å². The average Bonchev–Trinajstić information content (AvgIpc) is 3.19. The maximum absolute atomic E-state index is 12.4. The lowest BCUT2D eigenvalue weighted by Gasteiger charge is -2.09. The van der Waals surface area contributed by atoms with Crippen molar-refractivity contribution in [1.29, 1.82) is 0 Å². The fraction of sp³-hybridized carbons (Fsp3) is 0.261. The molecule has 0 atom stereocenters. The molecule has 3 rings (SSSR count). The van der Waals surface area contributed by atoms with Crippen LogP contribution in [0.3, 0.4) is 0 Å². The molecule has 0 fully saturated rings. The van der Waals surface area contributed by atoms with Crippen molar-refractivity contribution in [1.82, 2.24) is 15.3 Å². The average molecular weight is 460 g/mol. The number of amides is 2. The molecular weight excluding hydrogens is 437 g/mol. The number of nitrogens with zero attached hydrogens (tertiary/aromatic N) is 2. The van der Waals surface area contributed by atoms with Crippen LogP contribution in [0.15, 0.2) is 59.8 Å². The zero-order valence-corrected chi connectivity index (χ0v) is 17.9. The van der Waals surface area contributed by atoms with E-state index in [9.17, 15) is 22.8 Å². The van der Waals surface area contributed by atoms with Crippen molar-refractivity contribution >= 4 is 28.9 Å². The number of hydrogen-bond acceptors (Lipinski definition) is 4. The van der Waals surface area contributed by atoms with Gasteiger partial charge in [0.05, 0.1) is 13.3 Å². The van der Waals surface area contributed by atoms with Crippen molar-refractivity contribution in [3.05, 3.63) is 65.9 Å². The van der Waals surface area contributed by atoms with E-state index in [1.165, 1.54) is 6.21 Å². The largest absolute Gasteiger partial charge is 0.497 e. The summed E-state index contributed by atoms with van der Waals surface area (Å²) < 4.78 is 43.4. The van der Waals surface area contributed by atoms with Gasteiger partial charge in [-0.1, -0.05) is 12.1 Å². The summed E-state index contributed by atoms with van der Waals surface area (Å²) in [6.07, 6.45) is -0.728. The second kappa shape index (κ2) is 10.7. The standard InChI is InChI=1S/C23H23F3N4O3/c1-33-19-5-2-4-16(12-19)14-28-29-22(32)18-7-8-20-17(13-18)9-11-30(20)10-3-6-21(31)27-15-23(24,25)26/h2,4-5,7-9,11-14H,3,6,10,15H2,1H3,(H,27,31)(H,29,32). The summed E-state index contributed by atoms with van der Waals surface area (Å²) in [5, 5.41) is 6.65. The van der Waals surface area contributed by atoms with E-state index >= 15 is 0 Å². The molecule has 2 amide bonds. The van der Waals surface area contributed by atoms with Crippen LogP contribution in [0.2, 0.25) is 0 Å². The number of nitrogens with one attached hydrogen (secondary N) is 2. The van der Waals surface area contributed by atoms with E-state index in [0.29, 0.717) is 24.3 Å². The van der Waals surface area contributed by atoms with Crippen LogP contribution in [0.5, 0.6) is 5.75 Å². The van der Waals surface area contributed by atoms with Gasteiger partial charge in [0.15, 0.2) is 0 Å². The zero-order valence-electron chi connectivity index (χ0n) is 17.9. The summed E-state index contributed by atoms with van der Waals surface area (Å²) in [6, 6.07) is 14.2. The maximum Gasteiger partial charge on any atom is 0.405 e. The van der Waals surface area contributed by atoms with Crippen LogP contribution >= 0.6 is 0 Å². The molecule has 1 heterocycles. The Kier molecular flexibility index (Phi) is 7.70. The molecule has 10 heteroatoms. The molecule has 2 aromatic carbocycles. The van der Waals surface area contributed by atoms with E-state index < -0.39 is 18.6 Å². The van der Waals surface area contributed by atoms with Gasteiger partial charge in [0.2, 0.25) is 5.91 Å². The van der Waals surface area contributed by atoms with Gasteiger partial charge in [0.1, 0.15) is 12.3 Å². The number of aromatic nitrogens is 1. The van der Waals surface area contributed by atoms with Crippen LogP contribution in [0.1, 0.15) is 28.8 Å². The number of benzene rings is 2. The zero-order chi connectivity index (χ0) is 23.8. The molecule has 0 aliphatic rings. The highest BCUT2D eigenvalue weighted by Gasteiger charge is 2.27. The number of hydrogen-bond donors (Lipinski definition) is 2. The number of aryl methyl sites for hydroxylation is 1. The van der Waals surface area contributed by atoms with Crippen LogP contribution in [0.4, 0.5) is 13.2 Å². The second-order valence-electron chi connectivity index (χ2n) is 7.25. The molecule has 3 aromatic rings. The molecule has 2 N–H and O–H groups in total. The number of hydrazone groups is 1. The van der Waals surface area contributed by atoms with Crippen molar-refractivity contribution in [2.24, 2.45) is 5.10 Å². The Balaban J connectivity index is 1.54. The summed E-state index contributed by atoms with van der Waals surface area (Å²) in [5.74, 6) is -0.329. The Hall–Kier alpha value is -3.82. The van der Waals surface area contributed by atoms with Crippen LogP contribution < -0.4 is 15.5 Å². The predicted octanol–water partition coefficient (Wildman–Crippen LogP) is 3.87. The van der Waals surface area contributed by atoms with Crippen molar-refractivity contribution in [3.63, 3.8) is 0 Å². The molecule has 0 saturated carbocycles. The first-order valence-electron chi connectivity index (χ1n) is 10.1. The Labute approximate surface area is 188 Å².